The molecule has 0 aliphatic heterocycles. The topological polar surface area (TPSA) is 44.1 Å². The molecule has 1 aromatic heterocycles. The quantitative estimate of drug-likeness (QED) is 0.870. The lowest BCUT2D eigenvalue weighted by molar-refractivity contribution is 0.0802. The molecule has 1 heterocycles. The van der Waals surface area contributed by atoms with Crippen LogP contribution in [-0.4, -0.2) is 24.4 Å². The predicted molar refractivity (Wildman–Crippen MR) is 84.4 cm³/mol. The lowest BCUT2D eigenvalue weighted by Crippen LogP contribution is -2.26. The Morgan fingerprint density at radius 1 is 1.33 bits per heavy atom. The van der Waals surface area contributed by atoms with E-state index in [9.17, 15) is 4.79 Å². The van der Waals surface area contributed by atoms with E-state index in [1.165, 1.54) is 21.6 Å². The summed E-state index contributed by atoms with van der Waals surface area (Å²) in [6.07, 6.45) is 2.41. The summed E-state index contributed by atoms with van der Waals surface area (Å²) in [7, 11) is 1.76. The molecule has 3 nitrogen and oxygen atoms in total. The third-order valence-electron chi connectivity index (χ3n) is 3.85. The van der Waals surface area contributed by atoms with Crippen molar-refractivity contribution in [1.82, 2.24) is 4.90 Å². The van der Waals surface area contributed by atoms with Crippen LogP contribution in [0, 0.1) is 11.3 Å². The van der Waals surface area contributed by atoms with Crippen LogP contribution in [0.4, 0.5) is 0 Å². The van der Waals surface area contributed by atoms with Gasteiger partial charge in [0.1, 0.15) is 0 Å². The molecule has 0 radical (unpaired) electrons. The van der Waals surface area contributed by atoms with Crippen molar-refractivity contribution in [2.75, 3.05) is 13.6 Å². The molecule has 0 N–H and O–H groups in total. The fraction of sp³-hybridized carbons (Fsp3) is 0.294. The highest BCUT2D eigenvalue weighted by atomic mass is 32.1. The zero-order valence-corrected chi connectivity index (χ0v) is 12.7. The summed E-state index contributed by atoms with van der Waals surface area (Å²) >= 11 is 1.57. The van der Waals surface area contributed by atoms with Crippen LogP contribution in [0.1, 0.15) is 27.2 Å². The summed E-state index contributed by atoms with van der Waals surface area (Å²) in [6.45, 7) is 0.481. The van der Waals surface area contributed by atoms with Crippen LogP contribution < -0.4 is 0 Å². The van der Waals surface area contributed by atoms with Crippen molar-refractivity contribution in [3.05, 3.63) is 46.3 Å². The van der Waals surface area contributed by atoms with Gasteiger partial charge in [0.15, 0.2) is 0 Å². The van der Waals surface area contributed by atoms with Gasteiger partial charge in [-0.05, 0) is 35.6 Å². The predicted octanol–water partition coefficient (Wildman–Crippen LogP) is 3.50. The van der Waals surface area contributed by atoms with E-state index < -0.39 is 0 Å². The summed E-state index contributed by atoms with van der Waals surface area (Å²) in [5.41, 5.74) is 3.90. The average Bonchev–Trinajstić information content (AvgIpc) is 2.96. The highest BCUT2D eigenvalue weighted by molar-refractivity contribution is 7.17. The van der Waals surface area contributed by atoms with E-state index in [2.05, 4.69) is 24.3 Å². The molecule has 4 heteroatoms. The smallest absolute Gasteiger partial charge is 0.263 e. The Kier molecular flexibility index (Phi) is 3.76. The standard InChI is InChI=1S/C17H16N2OS/c1-19(10-4-9-18)17(20)15-11-13-8-7-12-5-2-3-6-14(12)16(13)21-15/h2-3,5-6,11H,4,7-8,10H2,1H3. The number of aryl methyl sites for hydroxylation is 2. The van der Waals surface area contributed by atoms with Gasteiger partial charge in [0, 0.05) is 18.5 Å². The van der Waals surface area contributed by atoms with Crippen molar-refractivity contribution >= 4 is 17.2 Å². The second-order valence-corrected chi connectivity index (χ2v) is 6.31. The first-order valence-corrected chi connectivity index (χ1v) is 7.85. The monoisotopic (exact) mass is 296 g/mol. The number of hydrogen-bond donors (Lipinski definition) is 0. The fourth-order valence-electron chi connectivity index (χ4n) is 2.68. The number of hydrogen-bond acceptors (Lipinski definition) is 3. The lowest BCUT2D eigenvalue weighted by Gasteiger charge is -2.15. The van der Waals surface area contributed by atoms with E-state index in [1.807, 2.05) is 12.1 Å². The van der Waals surface area contributed by atoms with Gasteiger partial charge in [-0.15, -0.1) is 11.3 Å². The first kappa shape index (κ1) is 13.8. The summed E-state index contributed by atoms with van der Waals surface area (Å²) in [6, 6.07) is 12.5. The summed E-state index contributed by atoms with van der Waals surface area (Å²) < 4.78 is 0. The van der Waals surface area contributed by atoms with E-state index in [4.69, 9.17) is 5.26 Å². The number of nitrogens with zero attached hydrogens (tertiary/aromatic N) is 2. The minimum atomic E-state index is 0.0159. The van der Waals surface area contributed by atoms with E-state index in [0.29, 0.717) is 13.0 Å². The van der Waals surface area contributed by atoms with Crippen molar-refractivity contribution in [2.45, 2.75) is 19.3 Å². The normalized spacial score (nSPS) is 12.2. The van der Waals surface area contributed by atoms with E-state index in [-0.39, 0.29) is 5.91 Å². The Hall–Kier alpha value is -2.12. The Morgan fingerprint density at radius 3 is 2.90 bits per heavy atom. The fourth-order valence-corrected chi connectivity index (χ4v) is 3.95. The van der Waals surface area contributed by atoms with Gasteiger partial charge in [0.05, 0.1) is 17.4 Å². The van der Waals surface area contributed by atoms with Gasteiger partial charge in [0.2, 0.25) is 0 Å². The molecular formula is C17H16N2OS. The highest BCUT2D eigenvalue weighted by Gasteiger charge is 2.22. The highest BCUT2D eigenvalue weighted by Crippen LogP contribution is 2.39. The van der Waals surface area contributed by atoms with E-state index in [1.54, 1.807) is 23.3 Å². The third-order valence-corrected chi connectivity index (χ3v) is 5.05. The molecule has 1 amide bonds. The van der Waals surface area contributed by atoms with Crippen molar-refractivity contribution in [3.8, 4) is 16.5 Å². The molecule has 2 aromatic rings. The van der Waals surface area contributed by atoms with Gasteiger partial charge < -0.3 is 4.90 Å². The van der Waals surface area contributed by atoms with Crippen LogP contribution in [0.25, 0.3) is 10.4 Å². The largest absolute Gasteiger partial charge is 0.340 e. The van der Waals surface area contributed by atoms with E-state index in [0.717, 1.165) is 17.7 Å². The molecule has 106 valence electrons. The first-order chi connectivity index (χ1) is 10.2. The van der Waals surface area contributed by atoms with Gasteiger partial charge in [-0.3, -0.25) is 4.79 Å². The minimum Gasteiger partial charge on any atom is -0.340 e. The number of carbonyl (C=O) groups is 1. The maximum atomic E-state index is 12.4. The molecule has 1 aliphatic carbocycles. The van der Waals surface area contributed by atoms with Crippen LogP contribution in [-0.2, 0) is 12.8 Å². The van der Waals surface area contributed by atoms with Gasteiger partial charge >= 0.3 is 0 Å². The van der Waals surface area contributed by atoms with Gasteiger partial charge in [-0.25, -0.2) is 0 Å². The maximum absolute atomic E-state index is 12.4. The summed E-state index contributed by atoms with van der Waals surface area (Å²) in [4.78, 5) is 16.0. The summed E-state index contributed by atoms with van der Waals surface area (Å²) in [5.74, 6) is 0.0159. The first-order valence-electron chi connectivity index (χ1n) is 7.04. The molecule has 1 aliphatic rings. The number of carbonyl (C=O) groups excluding carboxylic acids is 1. The molecule has 0 bridgehead atoms. The number of nitriles is 1. The molecule has 1 aromatic carbocycles. The van der Waals surface area contributed by atoms with Crippen LogP contribution >= 0.6 is 11.3 Å². The average molecular weight is 296 g/mol. The van der Waals surface area contributed by atoms with Crippen molar-refractivity contribution in [3.63, 3.8) is 0 Å². The zero-order valence-electron chi connectivity index (χ0n) is 11.9. The number of thiophene rings is 1. The van der Waals surface area contributed by atoms with Gasteiger partial charge in [-0.1, -0.05) is 24.3 Å². The second kappa shape index (κ2) is 5.71. The molecule has 3 rings (SSSR count). The van der Waals surface area contributed by atoms with Gasteiger partial charge in [-0.2, -0.15) is 5.26 Å². The molecule has 0 saturated carbocycles. The van der Waals surface area contributed by atoms with Crippen molar-refractivity contribution < 1.29 is 4.79 Å². The number of rotatable bonds is 3. The number of benzene rings is 1. The lowest BCUT2D eigenvalue weighted by atomic mass is 9.91. The molecular weight excluding hydrogens is 280 g/mol. The zero-order chi connectivity index (χ0) is 14.8. The Balaban J connectivity index is 1.91. The molecule has 0 saturated heterocycles. The van der Waals surface area contributed by atoms with Crippen LogP contribution in [0.2, 0.25) is 0 Å². The Morgan fingerprint density at radius 2 is 2.10 bits per heavy atom. The van der Waals surface area contributed by atoms with Crippen molar-refractivity contribution in [1.29, 1.82) is 5.26 Å². The maximum Gasteiger partial charge on any atom is 0.263 e. The second-order valence-electron chi connectivity index (χ2n) is 5.26. The Bertz CT molecular complexity index is 727. The SMILES string of the molecule is CN(CCC#N)C(=O)c1cc2c(s1)-c1ccccc1CC2. The molecule has 0 fully saturated rings. The number of amides is 1. The van der Waals surface area contributed by atoms with Crippen LogP contribution in [0.15, 0.2) is 30.3 Å². The third kappa shape index (κ3) is 2.57. The van der Waals surface area contributed by atoms with Crippen molar-refractivity contribution in [2.24, 2.45) is 0 Å². The molecule has 0 atom stereocenters. The molecule has 21 heavy (non-hydrogen) atoms. The van der Waals surface area contributed by atoms with Gasteiger partial charge in [0.25, 0.3) is 5.91 Å². The number of fused-ring (bicyclic) bond motifs is 3. The minimum absolute atomic E-state index is 0.0159. The molecule has 0 spiro atoms. The van der Waals surface area contributed by atoms with Crippen LogP contribution in [0.5, 0.6) is 0 Å². The van der Waals surface area contributed by atoms with Crippen LogP contribution in [0.3, 0.4) is 0 Å². The Labute approximate surface area is 128 Å². The van der Waals surface area contributed by atoms with E-state index >= 15 is 0 Å². The summed E-state index contributed by atoms with van der Waals surface area (Å²) in [5, 5.41) is 8.62. The molecule has 0 unspecified atom stereocenters.